The van der Waals surface area contributed by atoms with Crippen LogP contribution in [0.5, 0.6) is 0 Å². The number of hydrogen-bond acceptors (Lipinski definition) is 5. The summed E-state index contributed by atoms with van der Waals surface area (Å²) in [7, 11) is 1.95. The van der Waals surface area contributed by atoms with Crippen molar-refractivity contribution in [1.29, 1.82) is 0 Å². The molecular formula is C15H21N5OS. The van der Waals surface area contributed by atoms with Crippen molar-refractivity contribution in [3.05, 3.63) is 27.5 Å². The first-order valence-corrected chi connectivity index (χ1v) is 8.44. The predicted octanol–water partition coefficient (Wildman–Crippen LogP) is 2.43. The van der Waals surface area contributed by atoms with Gasteiger partial charge in [0, 0.05) is 24.8 Å². The van der Waals surface area contributed by atoms with E-state index in [-0.39, 0.29) is 11.9 Å². The molecule has 0 radical (unpaired) electrons. The summed E-state index contributed by atoms with van der Waals surface area (Å²) in [5, 5.41) is 8.57. The molecule has 7 heteroatoms. The molecule has 2 aromatic rings. The Morgan fingerprint density at radius 1 is 1.41 bits per heavy atom. The van der Waals surface area contributed by atoms with Crippen LogP contribution in [0.3, 0.4) is 0 Å². The molecular weight excluding hydrogens is 298 g/mol. The molecule has 1 saturated heterocycles. The highest BCUT2D eigenvalue weighted by Gasteiger charge is 2.35. The van der Waals surface area contributed by atoms with Gasteiger partial charge in [-0.2, -0.15) is 5.10 Å². The molecule has 2 aromatic heterocycles. The summed E-state index contributed by atoms with van der Waals surface area (Å²) in [5.41, 5.74) is 4.16. The topological polar surface area (TPSA) is 63.9 Å². The van der Waals surface area contributed by atoms with Crippen LogP contribution in [0.15, 0.2) is 0 Å². The Morgan fingerprint density at radius 3 is 2.82 bits per heavy atom. The molecule has 0 aromatic carbocycles. The second-order valence-electron chi connectivity index (χ2n) is 5.77. The molecule has 0 N–H and O–H groups in total. The summed E-state index contributed by atoms with van der Waals surface area (Å²) < 4.78 is 5.85. The van der Waals surface area contributed by atoms with Gasteiger partial charge in [0.2, 0.25) is 0 Å². The highest BCUT2D eigenvalue weighted by Crippen LogP contribution is 2.36. The zero-order valence-corrected chi connectivity index (χ0v) is 14.3. The van der Waals surface area contributed by atoms with Crippen LogP contribution in [-0.4, -0.2) is 36.7 Å². The molecule has 1 amide bonds. The second-order valence-corrected chi connectivity index (χ2v) is 6.52. The fraction of sp³-hybridized carbons (Fsp3) is 0.600. The molecule has 3 heterocycles. The number of amides is 1. The predicted molar refractivity (Wildman–Crippen MR) is 85.0 cm³/mol. The number of rotatable bonds is 3. The minimum absolute atomic E-state index is 0.0667. The number of carbonyl (C=O) groups excluding carboxylic acids is 1. The van der Waals surface area contributed by atoms with Gasteiger partial charge in [0.15, 0.2) is 0 Å². The van der Waals surface area contributed by atoms with Gasteiger partial charge in [0.25, 0.3) is 5.91 Å². The zero-order valence-electron chi connectivity index (χ0n) is 13.5. The van der Waals surface area contributed by atoms with Crippen LogP contribution in [0.1, 0.15) is 58.1 Å². The first-order chi connectivity index (χ1) is 10.5. The van der Waals surface area contributed by atoms with Crippen LogP contribution in [0.2, 0.25) is 0 Å². The molecule has 1 atom stereocenters. The normalized spacial score (nSPS) is 18.2. The third-order valence-corrected chi connectivity index (χ3v) is 5.25. The Morgan fingerprint density at radius 2 is 2.18 bits per heavy atom. The molecule has 0 spiro atoms. The molecule has 0 saturated carbocycles. The number of hydrogen-bond donors (Lipinski definition) is 0. The molecule has 1 unspecified atom stereocenters. The summed E-state index contributed by atoms with van der Waals surface area (Å²) in [4.78, 5) is 15.6. The van der Waals surface area contributed by atoms with Gasteiger partial charge in [-0.3, -0.25) is 9.48 Å². The summed E-state index contributed by atoms with van der Waals surface area (Å²) in [5.74, 6) is 0.0667. The van der Waals surface area contributed by atoms with Crippen LogP contribution < -0.4 is 0 Å². The van der Waals surface area contributed by atoms with Crippen molar-refractivity contribution >= 4 is 17.4 Å². The van der Waals surface area contributed by atoms with Crippen molar-refractivity contribution in [3.63, 3.8) is 0 Å². The fourth-order valence-corrected chi connectivity index (χ4v) is 4.02. The minimum Gasteiger partial charge on any atom is -0.331 e. The van der Waals surface area contributed by atoms with Crippen LogP contribution in [0.4, 0.5) is 0 Å². The van der Waals surface area contributed by atoms with Gasteiger partial charge < -0.3 is 4.90 Å². The summed E-state index contributed by atoms with van der Waals surface area (Å²) in [6, 6.07) is 0.119. The second kappa shape index (κ2) is 5.79. The molecule has 1 aliphatic heterocycles. The van der Waals surface area contributed by atoms with E-state index in [1.807, 2.05) is 30.5 Å². The van der Waals surface area contributed by atoms with Crippen molar-refractivity contribution in [2.24, 2.45) is 7.05 Å². The van der Waals surface area contributed by atoms with Gasteiger partial charge >= 0.3 is 0 Å². The molecule has 6 nitrogen and oxygen atoms in total. The summed E-state index contributed by atoms with van der Waals surface area (Å²) in [6.07, 6.45) is 2.76. The number of aromatic nitrogens is 4. The first kappa shape index (κ1) is 15.1. The maximum Gasteiger partial charge on any atom is 0.268 e. The molecule has 0 aliphatic carbocycles. The van der Waals surface area contributed by atoms with Gasteiger partial charge in [-0.15, -0.1) is 5.10 Å². The Kier molecular flexibility index (Phi) is 3.99. The van der Waals surface area contributed by atoms with E-state index in [0.29, 0.717) is 4.88 Å². The Bertz CT molecular complexity index is 705. The molecule has 118 valence electrons. The largest absolute Gasteiger partial charge is 0.331 e. The van der Waals surface area contributed by atoms with E-state index < -0.39 is 0 Å². The smallest absolute Gasteiger partial charge is 0.268 e. The van der Waals surface area contributed by atoms with Gasteiger partial charge in [0.1, 0.15) is 4.88 Å². The number of aryl methyl sites for hydroxylation is 3. The van der Waals surface area contributed by atoms with E-state index in [0.717, 1.165) is 42.9 Å². The van der Waals surface area contributed by atoms with Crippen molar-refractivity contribution in [3.8, 4) is 0 Å². The molecule has 1 fully saturated rings. The van der Waals surface area contributed by atoms with Gasteiger partial charge in [-0.1, -0.05) is 11.4 Å². The molecule has 0 bridgehead atoms. The maximum absolute atomic E-state index is 12.9. The van der Waals surface area contributed by atoms with Crippen molar-refractivity contribution in [2.75, 3.05) is 6.54 Å². The standard InChI is InChI=1S/C15H21N5OS/c1-5-11-14(22-18-16-11)15(21)20-8-6-7-12(20)13-9(2)17-19(4)10(13)3/h12H,5-8H2,1-4H3. The van der Waals surface area contributed by atoms with Crippen LogP contribution >= 0.6 is 11.5 Å². The van der Waals surface area contributed by atoms with Gasteiger partial charge in [-0.25, -0.2) is 0 Å². The maximum atomic E-state index is 12.9. The van der Waals surface area contributed by atoms with Crippen LogP contribution in [0, 0.1) is 13.8 Å². The van der Waals surface area contributed by atoms with Crippen LogP contribution in [-0.2, 0) is 13.5 Å². The number of likely N-dealkylation sites (tertiary alicyclic amines) is 1. The Balaban J connectivity index is 1.95. The lowest BCUT2D eigenvalue weighted by atomic mass is 10.0. The quantitative estimate of drug-likeness (QED) is 0.871. The number of nitrogens with zero attached hydrogens (tertiary/aromatic N) is 5. The zero-order chi connectivity index (χ0) is 15.9. The van der Waals surface area contributed by atoms with E-state index in [1.165, 1.54) is 17.1 Å². The van der Waals surface area contributed by atoms with Gasteiger partial charge in [0.05, 0.1) is 17.4 Å². The average Bonchev–Trinajstić information content (AvgIpc) is 3.19. The monoisotopic (exact) mass is 319 g/mol. The minimum atomic E-state index is 0.0667. The molecule has 22 heavy (non-hydrogen) atoms. The SMILES string of the molecule is CCc1nnsc1C(=O)N1CCCC1c1c(C)nn(C)c1C. The summed E-state index contributed by atoms with van der Waals surface area (Å²) >= 11 is 1.21. The van der Waals surface area contributed by atoms with Crippen molar-refractivity contribution in [2.45, 2.75) is 46.1 Å². The first-order valence-electron chi connectivity index (χ1n) is 7.66. The average molecular weight is 319 g/mol. The van der Waals surface area contributed by atoms with Gasteiger partial charge in [-0.05, 0) is 44.6 Å². The number of carbonyl (C=O) groups is 1. The Hall–Kier alpha value is -1.76. The van der Waals surface area contributed by atoms with E-state index in [2.05, 4.69) is 21.6 Å². The highest BCUT2D eigenvalue weighted by atomic mass is 32.1. The highest BCUT2D eigenvalue weighted by molar-refractivity contribution is 7.08. The van der Waals surface area contributed by atoms with Crippen LogP contribution in [0.25, 0.3) is 0 Å². The Labute approximate surface area is 134 Å². The third-order valence-electron chi connectivity index (χ3n) is 4.50. The van der Waals surface area contributed by atoms with E-state index in [1.54, 1.807) is 0 Å². The fourth-order valence-electron chi connectivity index (χ4n) is 3.31. The summed E-state index contributed by atoms with van der Waals surface area (Å²) in [6.45, 7) is 6.89. The molecule has 1 aliphatic rings. The van der Waals surface area contributed by atoms with Crippen molar-refractivity contribution < 1.29 is 4.79 Å². The third kappa shape index (κ3) is 2.33. The van der Waals surface area contributed by atoms with Crippen molar-refractivity contribution in [1.82, 2.24) is 24.3 Å². The lowest BCUT2D eigenvalue weighted by Gasteiger charge is -2.25. The lowest BCUT2D eigenvalue weighted by Crippen LogP contribution is -2.31. The van der Waals surface area contributed by atoms with E-state index in [4.69, 9.17) is 0 Å². The van der Waals surface area contributed by atoms with E-state index >= 15 is 0 Å². The van der Waals surface area contributed by atoms with E-state index in [9.17, 15) is 4.79 Å². The lowest BCUT2D eigenvalue weighted by molar-refractivity contribution is 0.0738. The molecule has 3 rings (SSSR count).